The summed E-state index contributed by atoms with van der Waals surface area (Å²) in [6.45, 7) is 0. The first kappa shape index (κ1) is 12.0. The van der Waals surface area contributed by atoms with E-state index in [2.05, 4.69) is 20.7 Å². The van der Waals surface area contributed by atoms with Gasteiger partial charge < -0.3 is 14.9 Å². The number of phenolic OH excluding ortho intramolecular Hbond substituents is 1. The van der Waals surface area contributed by atoms with E-state index in [1.165, 1.54) is 19.2 Å². The van der Waals surface area contributed by atoms with Crippen LogP contribution in [0, 0.1) is 0 Å². The molecule has 0 amide bonds. The summed E-state index contributed by atoms with van der Waals surface area (Å²) < 4.78 is 5.04. The van der Waals surface area contributed by atoms with Gasteiger partial charge in [-0.1, -0.05) is 22.0 Å². The minimum Gasteiger partial charge on any atom is -0.508 e. The van der Waals surface area contributed by atoms with Crippen molar-refractivity contribution in [3.63, 3.8) is 0 Å². The lowest BCUT2D eigenvalue weighted by Gasteiger charge is -2.09. The molecule has 0 aromatic heterocycles. The Hall–Kier alpha value is -1.07. The number of phenols is 1. The zero-order valence-corrected chi connectivity index (χ0v) is 9.69. The van der Waals surface area contributed by atoms with Crippen molar-refractivity contribution in [2.75, 3.05) is 7.11 Å². The van der Waals surface area contributed by atoms with Crippen LogP contribution in [0.1, 0.15) is 5.56 Å². The Balaban J connectivity index is 2.76. The summed E-state index contributed by atoms with van der Waals surface area (Å²) in [5.41, 5.74) is 0.728. The van der Waals surface area contributed by atoms with E-state index in [0.717, 1.165) is 5.56 Å². The monoisotopic (exact) mass is 274 g/mol. The minimum atomic E-state index is -1.18. The zero-order chi connectivity index (χ0) is 11.4. The third-order valence-corrected chi connectivity index (χ3v) is 2.66. The third kappa shape index (κ3) is 3.21. The van der Waals surface area contributed by atoms with Crippen LogP contribution in [-0.4, -0.2) is 29.4 Å². The van der Waals surface area contributed by atoms with E-state index in [1.807, 2.05) is 0 Å². The fourth-order valence-corrected chi connectivity index (χ4v) is 1.66. The van der Waals surface area contributed by atoms with Gasteiger partial charge in [-0.15, -0.1) is 0 Å². The largest absolute Gasteiger partial charge is 0.508 e. The van der Waals surface area contributed by atoms with Crippen LogP contribution in [0.2, 0.25) is 0 Å². The summed E-state index contributed by atoms with van der Waals surface area (Å²) in [4.78, 5) is 11.0. The van der Waals surface area contributed by atoms with Gasteiger partial charge in [-0.05, 0) is 17.7 Å². The molecule has 0 radical (unpaired) electrons. The number of halogens is 1. The molecule has 15 heavy (non-hydrogen) atoms. The van der Waals surface area contributed by atoms with E-state index in [4.69, 9.17) is 5.11 Å². The minimum absolute atomic E-state index is 0.123. The number of aromatic hydroxyl groups is 1. The van der Waals surface area contributed by atoms with Crippen molar-refractivity contribution in [3.05, 3.63) is 28.2 Å². The highest BCUT2D eigenvalue weighted by molar-refractivity contribution is 9.10. The molecule has 2 N–H and O–H groups in total. The fourth-order valence-electron chi connectivity index (χ4n) is 1.13. The first-order valence-corrected chi connectivity index (χ1v) is 5.07. The third-order valence-electron chi connectivity index (χ3n) is 1.92. The summed E-state index contributed by atoms with van der Waals surface area (Å²) in [5, 5.41) is 18.5. The van der Waals surface area contributed by atoms with Gasteiger partial charge in [0.25, 0.3) is 0 Å². The Bertz CT molecular complexity index is 364. The number of methoxy groups -OCH3 is 1. The highest BCUT2D eigenvalue weighted by atomic mass is 79.9. The lowest BCUT2D eigenvalue weighted by Crippen LogP contribution is -2.24. The lowest BCUT2D eigenvalue weighted by molar-refractivity contribution is -0.150. The van der Waals surface area contributed by atoms with Crippen LogP contribution >= 0.6 is 15.9 Å². The van der Waals surface area contributed by atoms with Gasteiger partial charge in [0.2, 0.25) is 0 Å². The van der Waals surface area contributed by atoms with Crippen LogP contribution < -0.4 is 0 Å². The molecule has 0 bridgehead atoms. The number of carbonyl (C=O) groups is 1. The van der Waals surface area contributed by atoms with Crippen molar-refractivity contribution in [2.24, 2.45) is 0 Å². The summed E-state index contributed by atoms with van der Waals surface area (Å²) in [5.74, 6) is -0.548. The molecule has 0 saturated heterocycles. The van der Waals surface area contributed by atoms with Crippen LogP contribution in [0.25, 0.3) is 0 Å². The normalized spacial score (nSPS) is 12.2. The number of rotatable bonds is 3. The van der Waals surface area contributed by atoms with Crippen LogP contribution in [0.4, 0.5) is 0 Å². The second kappa shape index (κ2) is 5.14. The number of aliphatic hydroxyl groups excluding tert-OH is 1. The molecule has 1 aromatic carbocycles. The topological polar surface area (TPSA) is 66.8 Å². The molecular weight excluding hydrogens is 264 g/mol. The van der Waals surface area contributed by atoms with Crippen molar-refractivity contribution in [3.8, 4) is 5.75 Å². The van der Waals surface area contributed by atoms with E-state index in [9.17, 15) is 9.90 Å². The average molecular weight is 275 g/mol. The van der Waals surface area contributed by atoms with Gasteiger partial charge in [-0.25, -0.2) is 4.79 Å². The van der Waals surface area contributed by atoms with Gasteiger partial charge in [0.05, 0.1) is 7.11 Å². The number of hydrogen-bond acceptors (Lipinski definition) is 4. The molecule has 0 saturated carbocycles. The first-order valence-electron chi connectivity index (χ1n) is 4.28. The Morgan fingerprint density at radius 3 is 2.80 bits per heavy atom. The maximum Gasteiger partial charge on any atom is 0.335 e. The number of benzene rings is 1. The van der Waals surface area contributed by atoms with Gasteiger partial charge in [-0.3, -0.25) is 0 Å². The number of aliphatic hydroxyl groups is 1. The van der Waals surface area contributed by atoms with Crippen molar-refractivity contribution in [1.29, 1.82) is 0 Å². The number of carbonyl (C=O) groups excluding carboxylic acids is 1. The Morgan fingerprint density at radius 2 is 2.27 bits per heavy atom. The molecule has 1 rings (SSSR count). The molecule has 0 heterocycles. The molecular formula is C10H11BrO4. The summed E-state index contributed by atoms with van der Waals surface area (Å²) in [7, 11) is 1.22. The van der Waals surface area contributed by atoms with E-state index in [-0.39, 0.29) is 12.2 Å². The zero-order valence-electron chi connectivity index (χ0n) is 8.11. The molecule has 5 heteroatoms. The van der Waals surface area contributed by atoms with Crippen molar-refractivity contribution >= 4 is 21.9 Å². The van der Waals surface area contributed by atoms with Gasteiger partial charge in [0.15, 0.2) is 6.10 Å². The molecule has 0 aliphatic carbocycles. The molecule has 1 aromatic rings. The quantitative estimate of drug-likeness (QED) is 0.814. The van der Waals surface area contributed by atoms with Gasteiger partial charge in [0.1, 0.15) is 5.75 Å². The van der Waals surface area contributed by atoms with E-state index < -0.39 is 12.1 Å². The van der Waals surface area contributed by atoms with E-state index >= 15 is 0 Å². The second-order valence-corrected chi connectivity index (χ2v) is 3.87. The Labute approximate surface area is 95.6 Å². The number of esters is 1. The highest BCUT2D eigenvalue weighted by Crippen LogP contribution is 2.23. The summed E-state index contributed by atoms with van der Waals surface area (Å²) in [6.07, 6.45) is -1.04. The van der Waals surface area contributed by atoms with E-state index in [0.29, 0.717) is 4.47 Å². The van der Waals surface area contributed by atoms with E-state index in [1.54, 1.807) is 6.07 Å². The molecule has 0 fully saturated rings. The maximum atomic E-state index is 11.0. The number of hydrogen-bond donors (Lipinski definition) is 2. The van der Waals surface area contributed by atoms with Crippen LogP contribution in [0.3, 0.4) is 0 Å². The first-order chi connectivity index (χ1) is 7.04. The highest BCUT2D eigenvalue weighted by Gasteiger charge is 2.17. The molecule has 0 aliphatic heterocycles. The van der Waals surface area contributed by atoms with Crippen molar-refractivity contribution in [1.82, 2.24) is 0 Å². The average Bonchev–Trinajstić information content (AvgIpc) is 2.20. The molecule has 0 aliphatic rings. The predicted molar refractivity (Wildman–Crippen MR) is 57.5 cm³/mol. The van der Waals surface area contributed by atoms with Crippen LogP contribution in [0.5, 0.6) is 5.75 Å². The van der Waals surface area contributed by atoms with Gasteiger partial charge in [-0.2, -0.15) is 0 Å². The standard InChI is InChI=1S/C10H11BrO4/c1-15-10(14)9(13)4-6-2-3-7(12)5-8(6)11/h2-3,5,9,12-13H,4H2,1H3. The molecule has 4 nitrogen and oxygen atoms in total. The number of ether oxygens (including phenoxy) is 1. The van der Waals surface area contributed by atoms with Crippen LogP contribution in [0.15, 0.2) is 22.7 Å². The predicted octanol–water partition coefficient (Wildman–Crippen LogP) is 1.23. The smallest absolute Gasteiger partial charge is 0.335 e. The van der Waals surface area contributed by atoms with Crippen molar-refractivity contribution in [2.45, 2.75) is 12.5 Å². The van der Waals surface area contributed by atoms with Crippen LogP contribution in [-0.2, 0) is 16.0 Å². The SMILES string of the molecule is COC(=O)C(O)Cc1ccc(O)cc1Br. The second-order valence-electron chi connectivity index (χ2n) is 3.02. The molecule has 1 unspecified atom stereocenters. The lowest BCUT2D eigenvalue weighted by atomic mass is 10.1. The Kier molecular flexibility index (Phi) is 4.11. The fraction of sp³-hybridized carbons (Fsp3) is 0.300. The molecule has 82 valence electrons. The van der Waals surface area contributed by atoms with Crippen molar-refractivity contribution < 1.29 is 19.7 Å². The summed E-state index contributed by atoms with van der Waals surface area (Å²) >= 11 is 3.22. The molecule has 0 spiro atoms. The van der Waals surface area contributed by atoms with Gasteiger partial charge in [0, 0.05) is 10.9 Å². The summed E-state index contributed by atoms with van der Waals surface area (Å²) in [6, 6.07) is 4.62. The molecule has 1 atom stereocenters. The Morgan fingerprint density at radius 1 is 1.60 bits per heavy atom. The van der Waals surface area contributed by atoms with Gasteiger partial charge >= 0.3 is 5.97 Å². The maximum absolute atomic E-state index is 11.0.